The zero-order chi connectivity index (χ0) is 32.3. The average Bonchev–Trinajstić information content (AvgIpc) is 3.48. The largest absolute Gasteiger partial charge is 0.134 e. The van der Waals surface area contributed by atoms with Crippen molar-refractivity contribution in [3.05, 3.63) is 180 Å². The molecular weight excluding hydrogens is 622 g/mol. The third-order valence-corrected chi connectivity index (χ3v) is 15.4. The van der Waals surface area contributed by atoms with E-state index in [1.165, 1.54) is 75.0 Å². The van der Waals surface area contributed by atoms with Crippen LogP contribution in [-0.4, -0.2) is 0 Å². The number of rotatable bonds is 8. The lowest BCUT2D eigenvalue weighted by Gasteiger charge is -2.27. The van der Waals surface area contributed by atoms with Gasteiger partial charge in [-0.3, -0.25) is 0 Å². The summed E-state index contributed by atoms with van der Waals surface area (Å²) in [4.78, 5) is 2.75. The molecular formula is C44H38P2S. The zero-order valence-electron chi connectivity index (χ0n) is 27.3. The predicted molar refractivity (Wildman–Crippen MR) is 212 cm³/mol. The van der Waals surface area contributed by atoms with Gasteiger partial charge in [-0.25, -0.2) is 0 Å². The third-order valence-electron chi connectivity index (χ3n) is 8.55. The van der Waals surface area contributed by atoms with Gasteiger partial charge in [-0.1, -0.05) is 180 Å². The van der Waals surface area contributed by atoms with Crippen molar-refractivity contribution in [3.8, 4) is 20.9 Å². The molecule has 1 heterocycles. The second-order valence-electron chi connectivity index (χ2n) is 12.2. The van der Waals surface area contributed by atoms with E-state index in [2.05, 4.69) is 185 Å². The molecule has 0 nitrogen and oxygen atoms in total. The molecule has 230 valence electrons. The Morgan fingerprint density at radius 3 is 0.830 bits per heavy atom. The maximum absolute atomic E-state index is 2.37. The minimum absolute atomic E-state index is 0.905. The van der Waals surface area contributed by atoms with Gasteiger partial charge in [-0.05, 0) is 75.9 Å². The molecule has 0 aliphatic carbocycles. The van der Waals surface area contributed by atoms with Crippen molar-refractivity contribution in [1.29, 1.82) is 0 Å². The number of hydrogen-bond acceptors (Lipinski definition) is 1. The molecule has 0 unspecified atom stereocenters. The first kappa shape index (κ1) is 31.5. The van der Waals surface area contributed by atoms with Gasteiger partial charge in [-0.15, -0.1) is 11.3 Å². The van der Waals surface area contributed by atoms with Crippen LogP contribution < -0.4 is 31.8 Å². The highest BCUT2D eigenvalue weighted by Crippen LogP contribution is 2.49. The topological polar surface area (TPSA) is 0 Å². The molecule has 6 aromatic carbocycles. The summed E-state index contributed by atoms with van der Waals surface area (Å²) in [7, 11) is -1.81. The molecule has 0 spiro atoms. The Labute approximate surface area is 286 Å². The molecule has 0 aliphatic heterocycles. The molecule has 0 radical (unpaired) electrons. The standard InChI is InChI=1S/C44H38P2S/c1-31-15-23-37(24-16-31)45(38-25-17-32(2)18-26-38)41-42(46(39-27-19-33(3)20-28-39)40-29-21-34(4)22-30-40)44(36-13-9-6-10-14-36)47-43(41)35-11-7-5-8-12-35/h5-30H,1-4H3. The molecule has 3 heteroatoms. The first-order chi connectivity index (χ1) is 23.0. The van der Waals surface area contributed by atoms with Crippen LogP contribution in [0.3, 0.4) is 0 Å². The van der Waals surface area contributed by atoms with Crippen LogP contribution in [0.5, 0.6) is 0 Å². The summed E-state index contributed by atoms with van der Waals surface area (Å²) in [6, 6.07) is 59.5. The summed E-state index contributed by atoms with van der Waals surface area (Å²) in [5.74, 6) is 0. The van der Waals surface area contributed by atoms with Crippen LogP contribution in [0.1, 0.15) is 22.3 Å². The van der Waals surface area contributed by atoms with Gasteiger partial charge in [0.05, 0.1) is 0 Å². The summed E-state index contributed by atoms with van der Waals surface area (Å²) in [6.45, 7) is 8.74. The van der Waals surface area contributed by atoms with Crippen molar-refractivity contribution in [2.45, 2.75) is 27.7 Å². The molecule has 0 saturated heterocycles. The van der Waals surface area contributed by atoms with Gasteiger partial charge in [0.15, 0.2) is 0 Å². The molecule has 0 saturated carbocycles. The van der Waals surface area contributed by atoms with Gasteiger partial charge in [-0.2, -0.15) is 0 Å². The Morgan fingerprint density at radius 1 is 0.319 bits per heavy atom. The predicted octanol–water partition coefficient (Wildman–Crippen LogP) is 9.83. The molecule has 0 aliphatic rings. The van der Waals surface area contributed by atoms with E-state index in [9.17, 15) is 0 Å². The van der Waals surface area contributed by atoms with E-state index in [4.69, 9.17) is 0 Å². The lowest BCUT2D eigenvalue weighted by Crippen LogP contribution is -2.34. The summed E-state index contributed by atoms with van der Waals surface area (Å²) >= 11 is 1.97. The van der Waals surface area contributed by atoms with E-state index in [1.807, 2.05) is 11.3 Å². The molecule has 7 aromatic rings. The lowest BCUT2D eigenvalue weighted by molar-refractivity contribution is 1.49. The van der Waals surface area contributed by atoms with Gasteiger partial charge in [0, 0.05) is 20.4 Å². The normalized spacial score (nSPS) is 11.4. The maximum atomic E-state index is 2.37. The molecule has 0 bridgehead atoms. The second-order valence-corrected chi connectivity index (χ2v) is 17.5. The summed E-state index contributed by atoms with van der Waals surface area (Å²) in [6.07, 6.45) is 0. The zero-order valence-corrected chi connectivity index (χ0v) is 29.9. The SMILES string of the molecule is Cc1ccc(P(c2ccc(C)cc2)c2c(-c3ccccc3)sc(-c3ccccc3)c2P(c2ccc(C)cc2)c2ccc(C)cc2)cc1. The van der Waals surface area contributed by atoms with Crippen molar-refractivity contribution in [3.63, 3.8) is 0 Å². The molecule has 0 atom stereocenters. The van der Waals surface area contributed by atoms with Crippen LogP contribution in [0.15, 0.2) is 158 Å². The first-order valence-corrected chi connectivity index (χ1v) is 19.6. The number of thiophene rings is 1. The Morgan fingerprint density at radius 2 is 0.574 bits per heavy atom. The van der Waals surface area contributed by atoms with E-state index >= 15 is 0 Å². The van der Waals surface area contributed by atoms with Crippen LogP contribution in [0.25, 0.3) is 20.9 Å². The average molecular weight is 661 g/mol. The van der Waals surface area contributed by atoms with Crippen LogP contribution in [0.4, 0.5) is 0 Å². The Kier molecular flexibility index (Phi) is 9.33. The van der Waals surface area contributed by atoms with Crippen molar-refractivity contribution in [2.24, 2.45) is 0 Å². The van der Waals surface area contributed by atoms with Crippen molar-refractivity contribution in [2.75, 3.05) is 0 Å². The van der Waals surface area contributed by atoms with Gasteiger partial charge in [0.25, 0.3) is 0 Å². The highest BCUT2D eigenvalue weighted by atomic mass is 32.1. The van der Waals surface area contributed by atoms with Crippen molar-refractivity contribution in [1.82, 2.24) is 0 Å². The highest BCUT2D eigenvalue weighted by Gasteiger charge is 2.34. The minimum atomic E-state index is -0.905. The monoisotopic (exact) mass is 660 g/mol. The van der Waals surface area contributed by atoms with E-state index < -0.39 is 15.8 Å². The number of benzene rings is 6. The van der Waals surface area contributed by atoms with Gasteiger partial charge in [0.2, 0.25) is 0 Å². The quantitative estimate of drug-likeness (QED) is 0.142. The molecule has 47 heavy (non-hydrogen) atoms. The smallest absolute Gasteiger partial charge is 0.0439 e. The van der Waals surface area contributed by atoms with Crippen LogP contribution >= 0.6 is 27.2 Å². The van der Waals surface area contributed by atoms with E-state index in [0.717, 1.165) is 0 Å². The molecule has 0 N–H and O–H groups in total. The van der Waals surface area contributed by atoms with Crippen molar-refractivity contribution < 1.29 is 0 Å². The Bertz CT molecular complexity index is 1830. The number of aryl methyl sites for hydroxylation is 4. The van der Waals surface area contributed by atoms with E-state index in [-0.39, 0.29) is 0 Å². The summed E-state index contributed by atoms with van der Waals surface area (Å²) in [5.41, 5.74) is 7.71. The van der Waals surface area contributed by atoms with Crippen molar-refractivity contribution >= 4 is 59.0 Å². The molecule has 7 rings (SSSR count). The Hall–Kier alpha value is -4.12. The first-order valence-electron chi connectivity index (χ1n) is 16.1. The fraction of sp³-hybridized carbons (Fsp3) is 0.0909. The molecule has 0 amide bonds. The van der Waals surface area contributed by atoms with Crippen LogP contribution in [-0.2, 0) is 0 Å². The fourth-order valence-electron chi connectivity index (χ4n) is 5.99. The molecule has 1 aromatic heterocycles. The van der Waals surface area contributed by atoms with Gasteiger partial charge in [0.1, 0.15) is 0 Å². The second kappa shape index (κ2) is 13.9. The van der Waals surface area contributed by atoms with Gasteiger partial charge >= 0.3 is 0 Å². The van der Waals surface area contributed by atoms with E-state index in [0.29, 0.717) is 0 Å². The lowest BCUT2D eigenvalue weighted by atomic mass is 10.1. The maximum Gasteiger partial charge on any atom is 0.0439 e. The third kappa shape index (κ3) is 6.68. The highest BCUT2D eigenvalue weighted by molar-refractivity contribution is 7.86. The minimum Gasteiger partial charge on any atom is -0.134 e. The summed E-state index contributed by atoms with van der Waals surface area (Å²) < 4.78 is 0. The van der Waals surface area contributed by atoms with Crippen LogP contribution in [0.2, 0.25) is 0 Å². The van der Waals surface area contributed by atoms with Gasteiger partial charge < -0.3 is 0 Å². The summed E-state index contributed by atoms with van der Waals surface area (Å²) in [5, 5.41) is 8.49. The number of hydrogen-bond donors (Lipinski definition) is 0. The Balaban J connectivity index is 1.65. The fourth-order valence-corrected chi connectivity index (χ4v) is 13.4. The van der Waals surface area contributed by atoms with Crippen LogP contribution in [0, 0.1) is 27.7 Å². The van der Waals surface area contributed by atoms with E-state index in [1.54, 1.807) is 0 Å². The molecule has 0 fully saturated rings.